The molecule has 3 heterocycles. The Morgan fingerprint density at radius 3 is 0.830 bits per heavy atom. The van der Waals surface area contributed by atoms with Crippen molar-refractivity contribution in [2.24, 2.45) is 0 Å². The zero-order valence-electron chi connectivity index (χ0n) is 49.4. The molecular formula is C54H64O34. The van der Waals surface area contributed by atoms with Crippen LogP contribution in [0.15, 0.2) is 11.3 Å². The Morgan fingerprint density at radius 1 is 0.341 bits per heavy atom. The predicted octanol–water partition coefficient (Wildman–Crippen LogP) is 0.164. The summed E-state index contributed by atoms with van der Waals surface area (Å²) in [6, 6.07) is 0. The first kappa shape index (κ1) is 69.6. The number of carbonyl (C=O) groups excluding carboxylic acids is 14. The highest BCUT2D eigenvalue weighted by Gasteiger charge is 2.58. The first-order chi connectivity index (χ1) is 41.1. The zero-order valence-corrected chi connectivity index (χ0v) is 49.4. The number of aromatic hydroxyl groups is 2. The third-order valence-electron chi connectivity index (χ3n) is 12.5. The van der Waals surface area contributed by atoms with Gasteiger partial charge in [-0.1, -0.05) is 6.92 Å². The van der Waals surface area contributed by atoms with E-state index in [9.17, 15) is 67.7 Å². The van der Waals surface area contributed by atoms with E-state index in [1.54, 1.807) is 0 Å². The van der Waals surface area contributed by atoms with Crippen LogP contribution in [-0.2, 0) is 133 Å². The highest BCUT2D eigenvalue weighted by atomic mass is 16.8. The standard InChI is InChI=1S/C54H64O34/c1-14-30-36(67)34-35(37(68)40(30)86-52-49(80-27(11)64)46(77-24(8)61)41(74-21(5)58)31(83-52)15-71-18(2)55)39(70)45(88-54-51(82-29(13)66)48(79-26(10)63)43(76-23(7)60)33(85-54)17-73-20(4)57)44(38(34)69)87-53-50(81-28(12)65)47(78-25(9)62)42(75-22(6)59)32(84-53)16-72-19(3)56/h31-33,41-43,46-54,69-70H,14-17H2,1-13H3/t31?,32?,33?,41-,42-,43-,46?,47?,48?,49?,50?,51?,52-,53-,54-/m1/s1. The average Bonchev–Trinajstić information content (AvgIpc) is 1.11. The van der Waals surface area contributed by atoms with Crippen LogP contribution in [-0.4, -0.2) is 205 Å². The van der Waals surface area contributed by atoms with E-state index in [2.05, 4.69) is 0 Å². The highest BCUT2D eigenvalue weighted by molar-refractivity contribution is 6.29. The minimum Gasteiger partial charge on any atom is -0.504 e. The molecule has 0 spiro atoms. The molecule has 9 unspecified atom stereocenters. The second-order valence-electron chi connectivity index (χ2n) is 19.5. The number of fused-ring (bicyclic) bond motifs is 1. The van der Waals surface area contributed by atoms with Crippen LogP contribution in [0.1, 0.15) is 117 Å². The molecule has 3 fully saturated rings. The lowest BCUT2D eigenvalue weighted by Gasteiger charge is -2.45. The van der Waals surface area contributed by atoms with Crippen LogP contribution in [0.5, 0.6) is 23.0 Å². The SMILES string of the molecule is CCC1=C(O[C@H]2OC(COC(C)=O)[C@@H](OC(C)=O)C(OC(C)=O)C2OC(C)=O)C(=O)c2c(O)c(O[C@H]3OC(COC(C)=O)[C@@H](OC(C)=O)C(OC(C)=O)C3OC(C)=O)c(O[C@H]3OC(COC(C)=O)[C@@H](OC(C)=O)C(OC(C)=O)C3OC(C)=O)c(O)c2C1=O. The third-order valence-corrected chi connectivity index (χ3v) is 12.5. The molecule has 2 N–H and O–H groups in total. The Hall–Kier alpha value is -9.18. The lowest BCUT2D eigenvalue weighted by atomic mass is 9.85. The van der Waals surface area contributed by atoms with Gasteiger partial charge in [0.15, 0.2) is 59.7 Å². The minimum atomic E-state index is -2.42. The van der Waals surface area contributed by atoms with Crippen molar-refractivity contribution in [3.63, 3.8) is 0 Å². The molecule has 0 amide bonds. The summed E-state index contributed by atoms with van der Waals surface area (Å²) in [6.07, 6.45) is -30.7. The number of hydrogen-bond acceptors (Lipinski definition) is 34. The van der Waals surface area contributed by atoms with Crippen LogP contribution in [0.25, 0.3) is 0 Å². The van der Waals surface area contributed by atoms with E-state index >= 15 is 9.59 Å². The van der Waals surface area contributed by atoms with Gasteiger partial charge in [-0.25, -0.2) is 0 Å². The van der Waals surface area contributed by atoms with Gasteiger partial charge in [0.1, 0.15) is 38.1 Å². The third kappa shape index (κ3) is 17.3. The summed E-state index contributed by atoms with van der Waals surface area (Å²) >= 11 is 0. The molecule has 0 radical (unpaired) electrons. The zero-order chi connectivity index (χ0) is 65.9. The van der Waals surface area contributed by atoms with E-state index in [1.807, 2.05) is 0 Å². The van der Waals surface area contributed by atoms with Gasteiger partial charge < -0.3 is 95.5 Å². The Balaban J connectivity index is 1.87. The molecule has 3 aliphatic heterocycles. The van der Waals surface area contributed by atoms with Gasteiger partial charge in [0, 0.05) is 88.7 Å². The number of phenols is 2. The molecule has 1 aliphatic carbocycles. The van der Waals surface area contributed by atoms with Crippen LogP contribution < -0.4 is 9.47 Å². The van der Waals surface area contributed by atoms with E-state index in [4.69, 9.17) is 85.3 Å². The summed E-state index contributed by atoms with van der Waals surface area (Å²) < 4.78 is 101. The summed E-state index contributed by atoms with van der Waals surface area (Å²) in [5.74, 6) is -22.7. The highest BCUT2D eigenvalue weighted by Crippen LogP contribution is 2.54. The minimum absolute atomic E-state index is 0.538. The van der Waals surface area contributed by atoms with Gasteiger partial charge in [0.2, 0.25) is 54.5 Å². The van der Waals surface area contributed by atoms with Crippen molar-refractivity contribution in [1.82, 2.24) is 0 Å². The molecule has 0 saturated carbocycles. The number of allylic oxidation sites excluding steroid dienone is 2. The monoisotopic (exact) mass is 1260 g/mol. The average molecular weight is 1260 g/mol. The lowest BCUT2D eigenvalue weighted by Crippen LogP contribution is -2.64. The first-order valence-electron chi connectivity index (χ1n) is 26.5. The first-order valence-corrected chi connectivity index (χ1v) is 26.5. The van der Waals surface area contributed by atoms with Gasteiger partial charge in [0.25, 0.3) is 0 Å². The number of rotatable bonds is 22. The molecule has 0 bridgehead atoms. The molecule has 3 saturated heterocycles. The summed E-state index contributed by atoms with van der Waals surface area (Å²) in [5.41, 5.74) is -3.12. The van der Waals surface area contributed by atoms with Crippen molar-refractivity contribution in [2.45, 2.75) is 189 Å². The Labute approximate surface area is 498 Å². The van der Waals surface area contributed by atoms with Crippen molar-refractivity contribution in [2.75, 3.05) is 19.8 Å². The number of esters is 12. The van der Waals surface area contributed by atoms with Crippen molar-refractivity contribution in [1.29, 1.82) is 0 Å². The van der Waals surface area contributed by atoms with Crippen LogP contribution >= 0.6 is 0 Å². The lowest BCUT2D eigenvalue weighted by molar-refractivity contribution is -0.299. The molecule has 0 aromatic heterocycles. The normalized spacial score (nSPS) is 27.3. The molecule has 5 rings (SSSR count). The van der Waals surface area contributed by atoms with Gasteiger partial charge >= 0.3 is 71.6 Å². The molecule has 15 atom stereocenters. The molecule has 34 heteroatoms. The summed E-state index contributed by atoms with van der Waals surface area (Å²) in [4.78, 5) is 182. The van der Waals surface area contributed by atoms with Crippen molar-refractivity contribution >= 4 is 83.2 Å². The van der Waals surface area contributed by atoms with Crippen LogP contribution in [0.3, 0.4) is 0 Å². The number of benzene rings is 1. The topological polar surface area (TPSA) is 446 Å². The molecule has 34 nitrogen and oxygen atoms in total. The van der Waals surface area contributed by atoms with Gasteiger partial charge in [-0.05, 0) is 6.42 Å². The maximum Gasteiger partial charge on any atom is 0.303 e. The van der Waals surface area contributed by atoms with Crippen molar-refractivity contribution < 1.29 is 163 Å². The Kier molecular flexibility index (Phi) is 23.7. The van der Waals surface area contributed by atoms with Gasteiger partial charge in [-0.3, -0.25) is 67.1 Å². The van der Waals surface area contributed by atoms with Crippen molar-refractivity contribution in [3.8, 4) is 23.0 Å². The summed E-state index contributed by atoms with van der Waals surface area (Å²) in [6.45, 7) is 9.63. The fourth-order valence-corrected chi connectivity index (χ4v) is 9.49. The fraction of sp³-hybridized carbons (Fsp3) is 0.593. The molecule has 1 aromatic rings. The van der Waals surface area contributed by atoms with E-state index < -0.39 is 247 Å². The second kappa shape index (κ2) is 30.0. The van der Waals surface area contributed by atoms with E-state index in [0.29, 0.717) is 0 Å². The summed E-state index contributed by atoms with van der Waals surface area (Å²) in [7, 11) is 0. The van der Waals surface area contributed by atoms with Crippen LogP contribution in [0.2, 0.25) is 0 Å². The number of ketones is 2. The fourth-order valence-electron chi connectivity index (χ4n) is 9.49. The number of Topliss-reactive ketones (excluding diaryl/α,β-unsaturated/α-hetero) is 2. The maximum atomic E-state index is 15.4. The van der Waals surface area contributed by atoms with Gasteiger partial charge in [0.05, 0.1) is 11.1 Å². The molecular weight excluding hydrogens is 1190 g/mol. The van der Waals surface area contributed by atoms with Crippen LogP contribution in [0.4, 0.5) is 0 Å². The Bertz CT molecular complexity index is 2980. The van der Waals surface area contributed by atoms with Crippen molar-refractivity contribution in [3.05, 3.63) is 22.5 Å². The molecule has 1 aromatic carbocycles. The van der Waals surface area contributed by atoms with Gasteiger partial charge in [-0.2, -0.15) is 0 Å². The second-order valence-corrected chi connectivity index (χ2v) is 19.5. The molecule has 88 heavy (non-hydrogen) atoms. The van der Waals surface area contributed by atoms with Crippen LogP contribution in [0, 0.1) is 0 Å². The molecule has 484 valence electrons. The number of phenolic OH excluding ortho intramolecular Hbond substituents is 2. The number of ether oxygens (including phenoxy) is 18. The summed E-state index contributed by atoms with van der Waals surface area (Å²) in [5, 5.41) is 25.4. The maximum absolute atomic E-state index is 15.4. The number of carbonyl (C=O) groups is 14. The van der Waals surface area contributed by atoms with E-state index in [0.717, 1.165) is 83.1 Å². The number of hydrogen-bond donors (Lipinski definition) is 2. The predicted molar refractivity (Wildman–Crippen MR) is 274 cm³/mol. The largest absolute Gasteiger partial charge is 0.504 e. The molecule has 4 aliphatic rings. The van der Waals surface area contributed by atoms with E-state index in [1.165, 1.54) is 6.92 Å². The Morgan fingerprint density at radius 2 is 0.580 bits per heavy atom. The smallest absolute Gasteiger partial charge is 0.303 e. The quantitative estimate of drug-likeness (QED) is 0.0887. The van der Waals surface area contributed by atoms with Gasteiger partial charge in [-0.15, -0.1) is 0 Å². The van der Waals surface area contributed by atoms with E-state index in [-0.39, 0.29) is 0 Å².